The number of ketones is 1. The lowest BCUT2D eigenvalue weighted by molar-refractivity contribution is -0.153. The van der Waals surface area contributed by atoms with Gasteiger partial charge in [-0.3, -0.25) is 9.59 Å². The normalized spacial score (nSPS) is 23.3. The second kappa shape index (κ2) is 9.73. The Kier molecular flexibility index (Phi) is 7.26. The number of thioether (sulfide) groups is 1. The van der Waals surface area contributed by atoms with Crippen LogP contribution < -0.4 is 5.32 Å². The zero-order valence-corrected chi connectivity index (χ0v) is 19.4. The fourth-order valence-corrected chi connectivity index (χ4v) is 4.80. The Morgan fingerprint density at radius 2 is 1.77 bits per heavy atom. The molecular weight excluding hydrogens is 414 g/mol. The molecule has 3 unspecified atom stereocenters. The molecule has 1 aliphatic heterocycles. The van der Waals surface area contributed by atoms with Crippen LogP contribution in [0.15, 0.2) is 51.7 Å². The van der Waals surface area contributed by atoms with Gasteiger partial charge in [0.05, 0.1) is 18.8 Å². The zero-order valence-electron chi connectivity index (χ0n) is 18.6. The number of esters is 2. The van der Waals surface area contributed by atoms with Crippen molar-refractivity contribution in [1.82, 2.24) is 5.32 Å². The largest absolute Gasteiger partial charge is 0.465 e. The number of nitrogens with one attached hydrogen (secondary N) is 1. The van der Waals surface area contributed by atoms with Crippen LogP contribution in [0.3, 0.4) is 0 Å². The number of hydrogen-bond acceptors (Lipinski definition) is 7. The van der Waals surface area contributed by atoms with E-state index < -0.39 is 23.8 Å². The first-order chi connectivity index (χ1) is 14.8. The Hall–Kier alpha value is -2.54. The fraction of sp³-hybridized carbons (Fsp3) is 0.458. The predicted octanol–water partition coefficient (Wildman–Crippen LogP) is 3.97. The third kappa shape index (κ3) is 4.42. The summed E-state index contributed by atoms with van der Waals surface area (Å²) in [5.41, 5.74) is 3.12. The van der Waals surface area contributed by atoms with E-state index in [0.29, 0.717) is 23.3 Å². The highest BCUT2D eigenvalue weighted by atomic mass is 32.2. The van der Waals surface area contributed by atoms with Gasteiger partial charge in [0.25, 0.3) is 0 Å². The Morgan fingerprint density at radius 3 is 2.35 bits per heavy atom. The molecule has 0 saturated heterocycles. The number of hydrogen-bond donors (Lipinski definition) is 1. The summed E-state index contributed by atoms with van der Waals surface area (Å²) in [6.45, 7) is 7.63. The molecule has 0 amide bonds. The second-order valence-electron chi connectivity index (χ2n) is 7.76. The van der Waals surface area contributed by atoms with Crippen molar-refractivity contribution >= 4 is 29.5 Å². The van der Waals surface area contributed by atoms with Gasteiger partial charge in [0.1, 0.15) is 5.92 Å². The summed E-state index contributed by atoms with van der Waals surface area (Å²) in [6.07, 6.45) is 2.52. The smallest absolute Gasteiger partial charge is 0.336 e. The van der Waals surface area contributed by atoms with Crippen LogP contribution in [0.5, 0.6) is 0 Å². The highest BCUT2D eigenvalue weighted by Gasteiger charge is 2.47. The minimum Gasteiger partial charge on any atom is -0.465 e. The highest BCUT2D eigenvalue weighted by Crippen LogP contribution is 2.45. The van der Waals surface area contributed by atoms with E-state index in [2.05, 4.69) is 5.32 Å². The molecule has 3 rings (SSSR count). The third-order valence-electron chi connectivity index (χ3n) is 5.77. The Labute approximate surface area is 187 Å². The molecule has 1 N–H and O–H groups in total. The summed E-state index contributed by atoms with van der Waals surface area (Å²) < 4.78 is 10.5. The number of ether oxygens (including phenoxy) is 2. The van der Waals surface area contributed by atoms with Gasteiger partial charge in [-0.2, -0.15) is 0 Å². The topological polar surface area (TPSA) is 81.7 Å². The molecule has 166 valence electrons. The van der Waals surface area contributed by atoms with Crippen LogP contribution in [0.1, 0.15) is 45.6 Å². The first kappa shape index (κ1) is 23.1. The summed E-state index contributed by atoms with van der Waals surface area (Å²) in [7, 11) is 0. The Balaban J connectivity index is 2.14. The maximum atomic E-state index is 13.6. The lowest BCUT2D eigenvalue weighted by Crippen LogP contribution is -2.43. The van der Waals surface area contributed by atoms with Crippen molar-refractivity contribution in [3.05, 3.63) is 52.4 Å². The van der Waals surface area contributed by atoms with Crippen molar-refractivity contribution in [2.24, 2.45) is 11.8 Å². The van der Waals surface area contributed by atoms with Crippen molar-refractivity contribution in [1.29, 1.82) is 0 Å². The minimum atomic E-state index is -0.879. The van der Waals surface area contributed by atoms with E-state index in [1.807, 2.05) is 44.4 Å². The summed E-state index contributed by atoms with van der Waals surface area (Å²) in [4.78, 5) is 40.3. The van der Waals surface area contributed by atoms with Crippen LogP contribution in [-0.2, 0) is 23.9 Å². The minimum absolute atomic E-state index is 0.200. The van der Waals surface area contributed by atoms with E-state index in [9.17, 15) is 14.4 Å². The van der Waals surface area contributed by atoms with Crippen molar-refractivity contribution in [3.63, 3.8) is 0 Å². The number of carbonyl (C=O) groups is 3. The van der Waals surface area contributed by atoms with Gasteiger partial charge in [-0.15, -0.1) is 11.8 Å². The van der Waals surface area contributed by atoms with E-state index >= 15 is 0 Å². The number of carbonyl (C=O) groups excluding carboxylic acids is 3. The molecule has 1 aromatic rings. The standard InChI is InChI=1S/C24H29NO5S/c1-6-29-23(27)18-13(3)12-17-21(22(18)26)20(15-8-10-16(31-5)11-9-15)19(14(4)25-17)24(28)30-7-2/h8-11,13,18,20,25H,6-7,12H2,1-5H3. The maximum absolute atomic E-state index is 13.6. The average molecular weight is 444 g/mol. The van der Waals surface area contributed by atoms with Gasteiger partial charge in [-0.1, -0.05) is 19.1 Å². The number of benzene rings is 1. The summed E-state index contributed by atoms with van der Waals surface area (Å²) in [5, 5.41) is 3.26. The van der Waals surface area contributed by atoms with Crippen molar-refractivity contribution in [3.8, 4) is 0 Å². The molecule has 0 spiro atoms. The first-order valence-corrected chi connectivity index (χ1v) is 11.8. The van der Waals surface area contributed by atoms with Crippen molar-refractivity contribution < 1.29 is 23.9 Å². The molecule has 0 radical (unpaired) electrons. The van der Waals surface area contributed by atoms with Gasteiger partial charge in [-0.25, -0.2) is 4.79 Å². The zero-order chi connectivity index (χ0) is 22.7. The molecule has 7 heteroatoms. The molecule has 1 aliphatic carbocycles. The summed E-state index contributed by atoms with van der Waals surface area (Å²) in [6, 6.07) is 7.81. The van der Waals surface area contributed by atoms with Gasteiger partial charge in [0.2, 0.25) is 0 Å². The second-order valence-corrected chi connectivity index (χ2v) is 8.64. The molecule has 2 aliphatic rings. The van der Waals surface area contributed by atoms with Gasteiger partial charge < -0.3 is 14.8 Å². The highest BCUT2D eigenvalue weighted by molar-refractivity contribution is 7.98. The Bertz CT molecular complexity index is 947. The van der Waals surface area contributed by atoms with Gasteiger partial charge in [0.15, 0.2) is 5.78 Å². The number of allylic oxidation sites excluding steroid dienone is 3. The van der Waals surface area contributed by atoms with Crippen LogP contribution in [0, 0.1) is 11.8 Å². The van der Waals surface area contributed by atoms with Crippen LogP contribution in [-0.4, -0.2) is 37.2 Å². The molecule has 0 saturated carbocycles. The molecule has 3 atom stereocenters. The predicted molar refractivity (Wildman–Crippen MR) is 119 cm³/mol. The molecule has 31 heavy (non-hydrogen) atoms. The molecule has 1 heterocycles. The quantitative estimate of drug-likeness (QED) is 0.405. The first-order valence-electron chi connectivity index (χ1n) is 10.6. The van der Waals surface area contributed by atoms with Crippen LogP contribution in [0.2, 0.25) is 0 Å². The van der Waals surface area contributed by atoms with Crippen LogP contribution in [0.25, 0.3) is 0 Å². The fourth-order valence-electron chi connectivity index (χ4n) is 4.39. The van der Waals surface area contributed by atoms with Gasteiger partial charge in [0, 0.05) is 27.8 Å². The number of dihydropyridines is 1. The van der Waals surface area contributed by atoms with E-state index in [1.165, 1.54) is 0 Å². The van der Waals surface area contributed by atoms with E-state index in [-0.39, 0.29) is 24.9 Å². The van der Waals surface area contributed by atoms with Gasteiger partial charge in [-0.05, 0) is 57.1 Å². The third-order valence-corrected chi connectivity index (χ3v) is 6.52. The number of Topliss-reactive ketones (excluding diaryl/α,β-unsaturated/α-hetero) is 1. The molecule has 0 aromatic heterocycles. The SMILES string of the molecule is CCOC(=O)C1=C(C)NC2=C(C(=O)C(C(=O)OCC)C(C)C2)C1c1ccc(SC)cc1. The van der Waals surface area contributed by atoms with Crippen molar-refractivity contribution in [2.75, 3.05) is 19.5 Å². The molecule has 6 nitrogen and oxygen atoms in total. The molecular formula is C24H29NO5S. The lowest BCUT2D eigenvalue weighted by atomic mass is 9.69. The van der Waals surface area contributed by atoms with E-state index in [4.69, 9.17) is 9.47 Å². The monoisotopic (exact) mass is 443 g/mol. The average Bonchev–Trinajstić information content (AvgIpc) is 2.73. The Morgan fingerprint density at radius 1 is 1.13 bits per heavy atom. The number of rotatable bonds is 6. The van der Waals surface area contributed by atoms with Crippen LogP contribution >= 0.6 is 11.8 Å². The van der Waals surface area contributed by atoms with E-state index in [0.717, 1.165) is 16.2 Å². The molecule has 0 fully saturated rings. The molecule has 0 bridgehead atoms. The summed E-state index contributed by atoms with van der Waals surface area (Å²) >= 11 is 1.62. The van der Waals surface area contributed by atoms with Gasteiger partial charge >= 0.3 is 11.9 Å². The van der Waals surface area contributed by atoms with E-state index in [1.54, 1.807) is 25.6 Å². The van der Waals surface area contributed by atoms with Crippen molar-refractivity contribution in [2.45, 2.75) is 44.9 Å². The van der Waals surface area contributed by atoms with Crippen LogP contribution in [0.4, 0.5) is 0 Å². The molecule has 1 aromatic carbocycles. The maximum Gasteiger partial charge on any atom is 0.336 e. The summed E-state index contributed by atoms with van der Waals surface area (Å²) in [5.74, 6) is -2.93. The lowest BCUT2D eigenvalue weighted by Gasteiger charge is -2.38.